The number of ether oxygens (including phenoxy) is 2. The number of halogens is 1. The van der Waals surface area contributed by atoms with Crippen molar-refractivity contribution in [3.05, 3.63) is 69.4 Å². The van der Waals surface area contributed by atoms with E-state index >= 15 is 0 Å². The Morgan fingerprint density at radius 3 is 2.55 bits per heavy atom. The summed E-state index contributed by atoms with van der Waals surface area (Å²) in [7, 11) is 3.21. The standard InChI is InChI=1S/C22H21ClN2O4/c1-28-18-11-19(29-2)21-17(14-6-8-16(23)9-7-14)13-24-10-4-3-5-15(12-25(26)27)20(18)22(21)24/h3-4,6-9,11,13,15H,5,10,12H2,1-2H3/b4-3-. The number of aromatic nitrogens is 1. The summed E-state index contributed by atoms with van der Waals surface area (Å²) in [4.78, 5) is 11.1. The maximum Gasteiger partial charge on any atom is 0.211 e. The van der Waals surface area contributed by atoms with Crippen molar-refractivity contribution in [2.45, 2.75) is 18.9 Å². The molecule has 0 spiro atoms. The molecule has 3 aromatic rings. The molecule has 1 unspecified atom stereocenters. The summed E-state index contributed by atoms with van der Waals surface area (Å²) >= 11 is 6.07. The van der Waals surface area contributed by atoms with E-state index in [1.165, 1.54) is 0 Å². The maximum atomic E-state index is 11.4. The van der Waals surface area contributed by atoms with E-state index in [0.717, 1.165) is 27.6 Å². The van der Waals surface area contributed by atoms with Gasteiger partial charge in [-0.2, -0.15) is 0 Å². The molecule has 0 N–H and O–H groups in total. The molecule has 6 nitrogen and oxygen atoms in total. The van der Waals surface area contributed by atoms with Gasteiger partial charge in [0.05, 0.1) is 31.0 Å². The van der Waals surface area contributed by atoms with E-state index in [4.69, 9.17) is 21.1 Å². The molecule has 150 valence electrons. The first-order valence-electron chi connectivity index (χ1n) is 9.34. The predicted octanol–water partition coefficient (Wildman–Crippen LogP) is 5.30. The van der Waals surface area contributed by atoms with E-state index in [0.29, 0.717) is 29.5 Å². The fourth-order valence-corrected chi connectivity index (χ4v) is 4.24. The zero-order valence-electron chi connectivity index (χ0n) is 16.2. The van der Waals surface area contributed by atoms with Gasteiger partial charge in [-0.05, 0) is 24.1 Å². The molecule has 4 rings (SSSR count). The van der Waals surface area contributed by atoms with Gasteiger partial charge in [0.15, 0.2) is 0 Å². The maximum absolute atomic E-state index is 11.4. The van der Waals surface area contributed by atoms with Gasteiger partial charge in [-0.15, -0.1) is 0 Å². The van der Waals surface area contributed by atoms with Crippen molar-refractivity contribution in [3.8, 4) is 22.6 Å². The highest BCUT2D eigenvalue weighted by molar-refractivity contribution is 6.30. The van der Waals surface area contributed by atoms with Crippen molar-refractivity contribution in [2.24, 2.45) is 0 Å². The average molecular weight is 413 g/mol. The Balaban J connectivity index is 2.08. The first-order chi connectivity index (χ1) is 14.0. The molecule has 0 bridgehead atoms. The molecular weight excluding hydrogens is 392 g/mol. The summed E-state index contributed by atoms with van der Waals surface area (Å²) < 4.78 is 13.5. The van der Waals surface area contributed by atoms with Gasteiger partial charge < -0.3 is 14.0 Å². The summed E-state index contributed by atoms with van der Waals surface area (Å²) in [5.41, 5.74) is 3.76. The molecule has 1 aliphatic heterocycles. The van der Waals surface area contributed by atoms with E-state index in [1.54, 1.807) is 14.2 Å². The molecular formula is C22H21ClN2O4. The lowest BCUT2D eigenvalue weighted by Crippen LogP contribution is -2.16. The van der Waals surface area contributed by atoms with Crippen molar-refractivity contribution < 1.29 is 14.4 Å². The molecule has 0 aliphatic carbocycles. The minimum absolute atomic E-state index is 0.163. The molecule has 0 fully saturated rings. The van der Waals surface area contributed by atoms with Crippen LogP contribution in [0.5, 0.6) is 11.5 Å². The molecule has 7 heteroatoms. The van der Waals surface area contributed by atoms with Crippen LogP contribution in [0, 0.1) is 10.1 Å². The van der Waals surface area contributed by atoms with Crippen LogP contribution in [-0.2, 0) is 6.54 Å². The minimum Gasteiger partial charge on any atom is -0.496 e. The number of rotatable bonds is 5. The Labute approximate surface area is 173 Å². The van der Waals surface area contributed by atoms with Gasteiger partial charge in [0.2, 0.25) is 6.54 Å². The largest absolute Gasteiger partial charge is 0.496 e. The third-order valence-electron chi connectivity index (χ3n) is 5.37. The zero-order valence-corrected chi connectivity index (χ0v) is 17.0. The molecule has 1 aliphatic rings. The molecule has 2 heterocycles. The number of hydrogen-bond donors (Lipinski definition) is 0. The quantitative estimate of drug-likeness (QED) is 0.324. The Hall–Kier alpha value is -2.99. The lowest BCUT2D eigenvalue weighted by molar-refractivity contribution is -0.483. The van der Waals surface area contributed by atoms with E-state index in [9.17, 15) is 10.1 Å². The molecule has 2 aromatic carbocycles. The summed E-state index contributed by atoms with van der Waals surface area (Å²) in [6.45, 7) is 0.502. The summed E-state index contributed by atoms with van der Waals surface area (Å²) in [5, 5.41) is 13.0. The van der Waals surface area contributed by atoms with Gasteiger partial charge in [-0.1, -0.05) is 35.9 Å². The number of benzene rings is 2. The van der Waals surface area contributed by atoms with Crippen molar-refractivity contribution in [2.75, 3.05) is 20.8 Å². The van der Waals surface area contributed by atoms with Gasteiger partial charge in [0, 0.05) is 39.9 Å². The highest BCUT2D eigenvalue weighted by Gasteiger charge is 2.29. The Kier molecular flexibility index (Phi) is 5.20. The van der Waals surface area contributed by atoms with Gasteiger partial charge in [0.25, 0.3) is 0 Å². The summed E-state index contributed by atoms with van der Waals surface area (Å²) in [6, 6.07) is 9.47. The number of allylic oxidation sites excluding steroid dienone is 2. The van der Waals surface area contributed by atoms with Crippen LogP contribution in [-0.4, -0.2) is 30.3 Å². The summed E-state index contributed by atoms with van der Waals surface area (Å²) in [6.07, 6.45) is 6.71. The van der Waals surface area contributed by atoms with Crippen molar-refractivity contribution in [3.63, 3.8) is 0 Å². The van der Waals surface area contributed by atoms with Crippen LogP contribution in [0.2, 0.25) is 5.02 Å². The minimum atomic E-state index is -0.295. The Morgan fingerprint density at radius 2 is 1.90 bits per heavy atom. The number of methoxy groups -OCH3 is 2. The number of nitro groups is 1. The predicted molar refractivity (Wildman–Crippen MR) is 114 cm³/mol. The normalized spacial score (nSPS) is 16.9. The van der Waals surface area contributed by atoms with Crippen molar-refractivity contribution in [1.29, 1.82) is 0 Å². The second kappa shape index (κ2) is 7.79. The fraction of sp³-hybridized carbons (Fsp3) is 0.273. The Bertz CT molecular complexity index is 1100. The lowest BCUT2D eigenvalue weighted by Gasteiger charge is -2.21. The number of hydrogen-bond acceptors (Lipinski definition) is 4. The zero-order chi connectivity index (χ0) is 20.5. The van der Waals surface area contributed by atoms with Crippen LogP contribution >= 0.6 is 11.6 Å². The van der Waals surface area contributed by atoms with E-state index in [2.05, 4.69) is 10.8 Å². The topological polar surface area (TPSA) is 66.5 Å². The highest BCUT2D eigenvalue weighted by Crippen LogP contribution is 2.46. The molecule has 0 radical (unpaired) electrons. The highest BCUT2D eigenvalue weighted by atomic mass is 35.5. The molecule has 0 saturated carbocycles. The van der Waals surface area contributed by atoms with Crippen molar-refractivity contribution in [1.82, 2.24) is 4.57 Å². The fourth-order valence-electron chi connectivity index (χ4n) is 4.11. The second-order valence-corrected chi connectivity index (χ2v) is 7.48. The molecule has 0 amide bonds. The molecule has 0 saturated heterocycles. The van der Waals surface area contributed by atoms with E-state index in [1.807, 2.05) is 42.5 Å². The first kappa shape index (κ1) is 19.3. The lowest BCUT2D eigenvalue weighted by atomic mass is 9.90. The van der Waals surface area contributed by atoms with Crippen LogP contribution < -0.4 is 9.47 Å². The van der Waals surface area contributed by atoms with Gasteiger partial charge in [-0.25, -0.2) is 0 Å². The van der Waals surface area contributed by atoms with Gasteiger partial charge in [-0.3, -0.25) is 10.1 Å². The molecule has 1 aromatic heterocycles. The second-order valence-electron chi connectivity index (χ2n) is 7.04. The monoisotopic (exact) mass is 412 g/mol. The van der Waals surface area contributed by atoms with Crippen molar-refractivity contribution >= 4 is 22.5 Å². The molecule has 29 heavy (non-hydrogen) atoms. The molecule has 1 atom stereocenters. The SMILES string of the molecule is COc1cc(OC)c2c(-c3ccc(Cl)cc3)cn3c2c1C(C[N+](=O)[O-])C/C=C\C3. The first-order valence-corrected chi connectivity index (χ1v) is 9.71. The van der Waals surface area contributed by atoms with Crippen LogP contribution in [0.15, 0.2) is 48.7 Å². The van der Waals surface area contributed by atoms with Gasteiger partial charge >= 0.3 is 0 Å². The number of nitrogens with zero attached hydrogens (tertiary/aromatic N) is 2. The van der Waals surface area contributed by atoms with Crippen LogP contribution in [0.25, 0.3) is 22.0 Å². The van der Waals surface area contributed by atoms with Crippen LogP contribution in [0.3, 0.4) is 0 Å². The van der Waals surface area contributed by atoms with Crippen LogP contribution in [0.4, 0.5) is 0 Å². The Morgan fingerprint density at radius 1 is 1.17 bits per heavy atom. The van der Waals surface area contributed by atoms with E-state index < -0.39 is 0 Å². The third-order valence-corrected chi connectivity index (χ3v) is 5.62. The van der Waals surface area contributed by atoms with Crippen LogP contribution in [0.1, 0.15) is 17.9 Å². The average Bonchev–Trinajstić information content (AvgIpc) is 3.07. The van der Waals surface area contributed by atoms with E-state index in [-0.39, 0.29) is 17.4 Å². The smallest absolute Gasteiger partial charge is 0.211 e. The summed E-state index contributed by atoms with van der Waals surface area (Å²) in [5.74, 6) is 0.990. The van der Waals surface area contributed by atoms with Gasteiger partial charge in [0.1, 0.15) is 11.5 Å². The third kappa shape index (κ3) is 3.44.